The summed E-state index contributed by atoms with van der Waals surface area (Å²) in [5.41, 5.74) is 0.863. The number of anilines is 1. The van der Waals surface area contributed by atoms with Crippen LogP contribution in [0.5, 0.6) is 11.5 Å². The zero-order valence-corrected chi connectivity index (χ0v) is 14.9. The molecule has 2 rings (SSSR count). The molecule has 0 aliphatic carbocycles. The molecule has 2 aromatic carbocycles. The number of hydrogen-bond acceptors (Lipinski definition) is 2. The van der Waals surface area contributed by atoms with E-state index in [0.717, 1.165) is 0 Å². The lowest BCUT2D eigenvalue weighted by Gasteiger charge is -2.15. The number of amides is 2. The van der Waals surface area contributed by atoms with E-state index in [4.69, 9.17) is 51.1 Å². The van der Waals surface area contributed by atoms with E-state index in [1.807, 2.05) is 0 Å². The highest BCUT2D eigenvalue weighted by Crippen LogP contribution is 2.43. The molecule has 0 atom stereocenters. The Bertz CT molecular complexity index is 717. The van der Waals surface area contributed by atoms with Crippen molar-refractivity contribution in [2.45, 2.75) is 3.79 Å². The molecular formula is C15H12Cl4N2O2. The zero-order chi connectivity index (χ0) is 17.0. The molecule has 0 radical (unpaired) electrons. The number of para-hydroxylation sites is 2. The van der Waals surface area contributed by atoms with Crippen LogP contribution in [0.4, 0.5) is 10.5 Å². The molecule has 2 N–H and O–H groups in total. The van der Waals surface area contributed by atoms with Crippen molar-refractivity contribution in [3.8, 4) is 11.5 Å². The summed E-state index contributed by atoms with van der Waals surface area (Å²) in [6, 6.07) is 11.3. The molecule has 0 aliphatic heterocycles. The van der Waals surface area contributed by atoms with Gasteiger partial charge < -0.3 is 15.4 Å². The molecular weight excluding hydrogens is 382 g/mol. The second-order valence-corrected chi connectivity index (χ2v) is 7.13. The summed E-state index contributed by atoms with van der Waals surface area (Å²) < 4.78 is 4.13. The maximum Gasteiger partial charge on any atom is 0.319 e. The highest BCUT2D eigenvalue weighted by atomic mass is 35.6. The molecule has 4 nitrogen and oxygen atoms in total. The fraction of sp³-hybridized carbons (Fsp3) is 0.133. The van der Waals surface area contributed by atoms with Crippen LogP contribution in [-0.2, 0) is 3.79 Å². The van der Waals surface area contributed by atoms with Crippen LogP contribution < -0.4 is 15.4 Å². The molecule has 0 bridgehead atoms. The summed E-state index contributed by atoms with van der Waals surface area (Å²) in [7, 11) is 1.52. The lowest BCUT2D eigenvalue weighted by molar-refractivity contribution is 0.254. The molecule has 0 unspecified atom stereocenters. The number of hydrogen-bond donors (Lipinski definition) is 2. The third kappa shape index (κ3) is 4.82. The second-order valence-electron chi connectivity index (χ2n) is 4.44. The highest BCUT2D eigenvalue weighted by molar-refractivity contribution is 6.67. The zero-order valence-electron chi connectivity index (χ0n) is 11.9. The molecule has 0 heterocycles. The summed E-state index contributed by atoms with van der Waals surface area (Å²) >= 11 is 23.6. The summed E-state index contributed by atoms with van der Waals surface area (Å²) in [4.78, 5) is 11.5. The lowest BCUT2D eigenvalue weighted by atomic mass is 10.2. The van der Waals surface area contributed by atoms with E-state index in [1.54, 1.807) is 36.4 Å². The Morgan fingerprint density at radius 2 is 1.83 bits per heavy atom. The summed E-state index contributed by atoms with van der Waals surface area (Å²) in [6.45, 7) is 0. The number of urea groups is 1. The van der Waals surface area contributed by atoms with Crippen LogP contribution in [0.3, 0.4) is 0 Å². The first kappa shape index (κ1) is 18.0. The molecule has 0 aliphatic rings. The number of carbonyl (C=O) groups excluding carboxylic acids is 1. The Hall–Kier alpha value is -1.33. The second kappa shape index (κ2) is 7.49. The number of ether oxygens (including phenoxy) is 1. The molecule has 122 valence electrons. The first-order valence-corrected chi connectivity index (χ1v) is 7.95. The number of carbonyl (C=O) groups is 1. The monoisotopic (exact) mass is 392 g/mol. The van der Waals surface area contributed by atoms with Crippen LogP contribution in [0.2, 0.25) is 5.02 Å². The van der Waals surface area contributed by atoms with Crippen molar-refractivity contribution in [3.05, 3.63) is 53.1 Å². The van der Waals surface area contributed by atoms with Crippen LogP contribution in [0.25, 0.3) is 0 Å². The van der Waals surface area contributed by atoms with Crippen LogP contribution >= 0.6 is 46.4 Å². The van der Waals surface area contributed by atoms with Crippen molar-refractivity contribution in [3.63, 3.8) is 0 Å². The minimum absolute atomic E-state index is 0.263. The van der Waals surface area contributed by atoms with Crippen LogP contribution in [-0.4, -0.2) is 13.1 Å². The van der Waals surface area contributed by atoms with Crippen LogP contribution in [0, 0.1) is 0 Å². The molecule has 0 fully saturated rings. The Balaban J connectivity index is 2.26. The van der Waals surface area contributed by atoms with Crippen LogP contribution in [0.1, 0.15) is 5.56 Å². The average molecular weight is 394 g/mol. The number of benzene rings is 2. The van der Waals surface area contributed by atoms with E-state index >= 15 is 0 Å². The smallest absolute Gasteiger partial charge is 0.319 e. The fourth-order valence-electron chi connectivity index (χ4n) is 1.76. The van der Waals surface area contributed by atoms with Gasteiger partial charge in [-0.15, -0.1) is 0 Å². The van der Waals surface area contributed by atoms with Gasteiger partial charge in [-0.3, -0.25) is 0 Å². The maximum absolute atomic E-state index is 11.5. The molecule has 8 heteroatoms. The molecule has 0 saturated carbocycles. The normalized spacial score (nSPS) is 11.0. The molecule has 23 heavy (non-hydrogen) atoms. The third-order valence-corrected chi connectivity index (χ3v) is 3.76. The van der Waals surface area contributed by atoms with Gasteiger partial charge in [0, 0.05) is 12.6 Å². The SMILES string of the molecule is CNC(=O)Nc1ccccc1Oc1ccc(C(Cl)(Cl)Cl)c(Cl)c1. The van der Waals surface area contributed by atoms with Gasteiger partial charge in [0.05, 0.1) is 10.7 Å². The van der Waals surface area contributed by atoms with E-state index in [0.29, 0.717) is 22.7 Å². The van der Waals surface area contributed by atoms with E-state index in [2.05, 4.69) is 10.6 Å². The molecule has 0 spiro atoms. The predicted molar refractivity (Wildman–Crippen MR) is 95.3 cm³/mol. The van der Waals surface area contributed by atoms with E-state index in [9.17, 15) is 4.79 Å². The lowest BCUT2D eigenvalue weighted by Crippen LogP contribution is -2.24. The van der Waals surface area contributed by atoms with Gasteiger partial charge in [0.1, 0.15) is 5.75 Å². The van der Waals surface area contributed by atoms with Gasteiger partial charge in [-0.05, 0) is 30.3 Å². The predicted octanol–water partition coefficient (Wildman–Crippen LogP) is 5.71. The first-order valence-electron chi connectivity index (χ1n) is 6.43. The minimum atomic E-state index is -1.62. The summed E-state index contributed by atoms with van der Waals surface area (Å²) in [5.74, 6) is 0.896. The Kier molecular flexibility index (Phi) is 5.87. The molecule has 0 aromatic heterocycles. The largest absolute Gasteiger partial charge is 0.455 e. The molecule has 0 saturated heterocycles. The van der Waals surface area contributed by atoms with E-state index in [1.165, 1.54) is 13.1 Å². The fourth-order valence-corrected chi connectivity index (χ4v) is 2.71. The van der Waals surface area contributed by atoms with Gasteiger partial charge in [-0.2, -0.15) is 0 Å². The average Bonchev–Trinajstić information content (AvgIpc) is 2.48. The number of halogens is 4. The Labute approximate surface area is 153 Å². The summed E-state index contributed by atoms with van der Waals surface area (Å²) in [5, 5.41) is 5.39. The van der Waals surface area contributed by atoms with Gasteiger partial charge in [0.15, 0.2) is 5.75 Å². The van der Waals surface area contributed by atoms with Gasteiger partial charge in [-0.25, -0.2) is 4.79 Å². The Morgan fingerprint density at radius 1 is 1.13 bits per heavy atom. The standard InChI is InChI=1S/C15H12Cl4N2O2/c1-20-14(22)21-12-4-2-3-5-13(12)23-9-6-7-10(11(16)8-9)15(17,18)19/h2-8H,1H3,(H2,20,21,22). The van der Waals surface area contributed by atoms with Gasteiger partial charge in [0.2, 0.25) is 3.79 Å². The van der Waals surface area contributed by atoms with Crippen molar-refractivity contribution in [1.29, 1.82) is 0 Å². The molecule has 2 aromatic rings. The topological polar surface area (TPSA) is 50.4 Å². The van der Waals surface area contributed by atoms with E-state index in [-0.39, 0.29) is 11.1 Å². The van der Waals surface area contributed by atoms with Crippen molar-refractivity contribution in [1.82, 2.24) is 5.32 Å². The first-order chi connectivity index (χ1) is 10.8. The highest BCUT2D eigenvalue weighted by Gasteiger charge is 2.26. The molecule has 2 amide bonds. The van der Waals surface area contributed by atoms with Gasteiger partial charge in [-0.1, -0.05) is 58.5 Å². The van der Waals surface area contributed by atoms with Crippen molar-refractivity contribution in [2.75, 3.05) is 12.4 Å². The number of nitrogens with one attached hydrogen (secondary N) is 2. The van der Waals surface area contributed by atoms with Crippen LogP contribution in [0.15, 0.2) is 42.5 Å². The maximum atomic E-state index is 11.5. The Morgan fingerprint density at radius 3 is 2.43 bits per heavy atom. The number of rotatable bonds is 3. The quantitative estimate of drug-likeness (QED) is 0.656. The van der Waals surface area contributed by atoms with E-state index < -0.39 is 3.79 Å². The van der Waals surface area contributed by atoms with Gasteiger partial charge >= 0.3 is 6.03 Å². The third-order valence-electron chi connectivity index (χ3n) is 2.84. The van der Waals surface area contributed by atoms with Crippen molar-refractivity contribution >= 4 is 58.1 Å². The van der Waals surface area contributed by atoms with Gasteiger partial charge in [0.25, 0.3) is 0 Å². The summed E-state index contributed by atoms with van der Waals surface area (Å²) in [6.07, 6.45) is 0. The van der Waals surface area contributed by atoms with Crippen molar-refractivity contribution < 1.29 is 9.53 Å². The minimum Gasteiger partial charge on any atom is -0.455 e. The number of alkyl halides is 3. The van der Waals surface area contributed by atoms with Crippen molar-refractivity contribution in [2.24, 2.45) is 0 Å².